The van der Waals surface area contributed by atoms with Crippen LogP contribution in [0.3, 0.4) is 0 Å². The molecule has 0 aromatic rings. The fourth-order valence-electron chi connectivity index (χ4n) is 7.77. The first-order valence-electron chi connectivity index (χ1n) is 19.5. The van der Waals surface area contributed by atoms with Crippen LogP contribution in [-0.2, 0) is 52.2 Å². The molecule has 2 amide bonds. The highest BCUT2D eigenvalue weighted by molar-refractivity contribution is 5.73. The molecule has 5 saturated heterocycles. The van der Waals surface area contributed by atoms with E-state index in [-0.39, 0.29) is 0 Å². The van der Waals surface area contributed by atoms with E-state index in [0.717, 1.165) is 13.8 Å². The topological polar surface area (TPSA) is 424 Å². The average Bonchev–Trinajstić information content (AvgIpc) is 3.22. The molecule has 354 valence electrons. The molecule has 27 nitrogen and oxygen atoms in total. The van der Waals surface area contributed by atoms with Crippen LogP contribution in [0.25, 0.3) is 0 Å². The maximum absolute atomic E-state index is 12.8. The van der Waals surface area contributed by atoms with Gasteiger partial charge in [-0.05, 0) is 6.92 Å². The summed E-state index contributed by atoms with van der Waals surface area (Å²) >= 11 is 0. The predicted molar refractivity (Wildman–Crippen MR) is 188 cm³/mol. The third-order valence-corrected chi connectivity index (χ3v) is 11.1. The maximum Gasteiger partial charge on any atom is 0.217 e. The van der Waals surface area contributed by atoms with Crippen LogP contribution >= 0.6 is 0 Å². The molecule has 16 N–H and O–H groups in total. The van der Waals surface area contributed by atoms with Crippen LogP contribution in [-0.4, -0.2) is 263 Å². The van der Waals surface area contributed by atoms with E-state index in [1.165, 1.54) is 6.92 Å². The number of nitrogens with one attached hydrogen (secondary N) is 2. The van der Waals surface area contributed by atoms with E-state index in [0.29, 0.717) is 0 Å². The van der Waals surface area contributed by atoms with Crippen molar-refractivity contribution in [1.29, 1.82) is 0 Å². The summed E-state index contributed by atoms with van der Waals surface area (Å²) in [5.41, 5.74) is 0. The lowest BCUT2D eigenvalue weighted by atomic mass is 9.93. The summed E-state index contributed by atoms with van der Waals surface area (Å²) in [4.78, 5) is 24.6. The summed E-state index contributed by atoms with van der Waals surface area (Å²) in [6.07, 6.45) is -41.6. The van der Waals surface area contributed by atoms with Crippen molar-refractivity contribution in [2.45, 2.75) is 174 Å². The first kappa shape index (κ1) is 50.0. The maximum atomic E-state index is 12.8. The molecule has 27 heteroatoms. The quantitative estimate of drug-likeness (QED) is 0.0770. The highest BCUT2D eigenvalue weighted by Crippen LogP contribution is 2.37. The van der Waals surface area contributed by atoms with Gasteiger partial charge in [-0.2, -0.15) is 0 Å². The van der Waals surface area contributed by atoms with E-state index in [2.05, 4.69) is 10.6 Å². The Bertz CT molecular complexity index is 1420. The van der Waals surface area contributed by atoms with Crippen molar-refractivity contribution in [3.8, 4) is 0 Å². The number of hydrogen-bond acceptors (Lipinski definition) is 25. The molecule has 0 bridgehead atoms. The van der Waals surface area contributed by atoms with Gasteiger partial charge in [0.05, 0.1) is 32.5 Å². The second-order valence-electron chi connectivity index (χ2n) is 15.4. The third-order valence-electron chi connectivity index (χ3n) is 11.1. The molecule has 5 rings (SSSR count). The van der Waals surface area contributed by atoms with Crippen LogP contribution in [0, 0.1) is 0 Å². The minimum atomic E-state index is -2.14. The fourth-order valence-corrected chi connectivity index (χ4v) is 7.77. The van der Waals surface area contributed by atoms with E-state index in [9.17, 15) is 81.1 Å². The summed E-state index contributed by atoms with van der Waals surface area (Å²) < 4.78 is 52.0. The molecule has 0 aromatic heterocycles. The highest BCUT2D eigenvalue weighted by Gasteiger charge is 2.58. The van der Waals surface area contributed by atoms with Crippen molar-refractivity contribution >= 4 is 11.8 Å². The first-order valence-corrected chi connectivity index (χ1v) is 19.5. The summed E-state index contributed by atoms with van der Waals surface area (Å²) in [6.45, 7) is -0.314. The average molecular weight is 895 g/mol. The van der Waals surface area contributed by atoms with Gasteiger partial charge in [-0.3, -0.25) is 9.59 Å². The monoisotopic (exact) mass is 894 g/mol. The number of carbonyl (C=O) groups excluding carboxylic acids is 2. The Morgan fingerprint density at radius 3 is 1.41 bits per heavy atom. The van der Waals surface area contributed by atoms with Crippen molar-refractivity contribution < 1.29 is 124 Å². The van der Waals surface area contributed by atoms with Gasteiger partial charge in [0.15, 0.2) is 31.5 Å². The minimum Gasteiger partial charge on any atom is -0.394 e. The van der Waals surface area contributed by atoms with Crippen molar-refractivity contribution in [2.75, 3.05) is 26.4 Å². The number of hydrogen-bond donors (Lipinski definition) is 16. The summed E-state index contributed by atoms with van der Waals surface area (Å²) in [6, 6.07) is -3.28. The van der Waals surface area contributed by atoms with E-state index in [1.807, 2.05) is 0 Å². The van der Waals surface area contributed by atoms with Crippen molar-refractivity contribution in [3.05, 3.63) is 0 Å². The van der Waals surface area contributed by atoms with Crippen LogP contribution in [0.2, 0.25) is 0 Å². The van der Waals surface area contributed by atoms with Gasteiger partial charge in [0, 0.05) is 13.8 Å². The van der Waals surface area contributed by atoms with Gasteiger partial charge in [-0.1, -0.05) is 0 Å². The lowest BCUT2D eigenvalue weighted by molar-refractivity contribution is -0.390. The number of ether oxygens (including phenoxy) is 9. The van der Waals surface area contributed by atoms with Gasteiger partial charge in [-0.15, -0.1) is 0 Å². The van der Waals surface area contributed by atoms with Crippen molar-refractivity contribution in [1.82, 2.24) is 10.6 Å². The third kappa shape index (κ3) is 10.8. The number of amides is 2. The Balaban J connectivity index is 1.50. The summed E-state index contributed by atoms with van der Waals surface area (Å²) in [5, 5.41) is 153. The molecule has 61 heavy (non-hydrogen) atoms. The second kappa shape index (κ2) is 21.3. The Morgan fingerprint density at radius 2 is 0.852 bits per heavy atom. The Morgan fingerprint density at radius 1 is 0.426 bits per heavy atom. The van der Waals surface area contributed by atoms with Crippen molar-refractivity contribution in [2.24, 2.45) is 0 Å². The SMILES string of the molecule is CC(=O)N[C@@H]1[C@@H](O)[C@H](O[C@@H]2O[C@H](CO)[C@H](O)[C@H](O[C@@H]3O[C@H](CO)[C@@H](O[C@@H]4O[C@@H](C)[C@@H](O)[C@@H](O)[C@@H]4O)[C@H](O[C@@H]4O[C@H](CO)[C@H](O)[C@H](O)[C@H]4O)[C@H]3NC(C)=O)[C@H]2O)[C@@H](CO)O[C@H]1O. The minimum absolute atomic E-state index is 0.698. The van der Waals surface area contributed by atoms with Gasteiger partial charge in [0.2, 0.25) is 11.8 Å². The molecule has 0 aromatic carbocycles. The van der Waals surface area contributed by atoms with Crippen LogP contribution in [0.5, 0.6) is 0 Å². The largest absolute Gasteiger partial charge is 0.394 e. The second-order valence-corrected chi connectivity index (χ2v) is 15.4. The Kier molecular flexibility index (Phi) is 17.5. The molecule has 5 fully saturated rings. The van der Waals surface area contributed by atoms with E-state index >= 15 is 0 Å². The molecule has 0 aliphatic carbocycles. The lowest BCUT2D eigenvalue weighted by Crippen LogP contribution is -2.71. The van der Waals surface area contributed by atoms with Gasteiger partial charge in [-0.25, -0.2) is 0 Å². The van der Waals surface area contributed by atoms with E-state index < -0.39 is 192 Å². The molecule has 25 atom stereocenters. The number of carbonyl (C=O) groups is 2. The fraction of sp³-hybridized carbons (Fsp3) is 0.941. The summed E-state index contributed by atoms with van der Waals surface area (Å²) in [7, 11) is 0. The molecule has 0 saturated carbocycles. The zero-order valence-electron chi connectivity index (χ0n) is 33.0. The van der Waals surface area contributed by atoms with Crippen LogP contribution < -0.4 is 10.6 Å². The molecule has 0 radical (unpaired) electrons. The molecule has 0 unspecified atom stereocenters. The van der Waals surface area contributed by atoms with Gasteiger partial charge < -0.3 is 125 Å². The van der Waals surface area contributed by atoms with Crippen LogP contribution in [0.1, 0.15) is 20.8 Å². The Labute approximate surface area is 346 Å². The Hall–Kier alpha value is -1.98. The highest BCUT2D eigenvalue weighted by atomic mass is 16.8. The lowest BCUT2D eigenvalue weighted by Gasteiger charge is -2.51. The molecule has 5 heterocycles. The van der Waals surface area contributed by atoms with Crippen molar-refractivity contribution in [3.63, 3.8) is 0 Å². The smallest absolute Gasteiger partial charge is 0.217 e. The molecular formula is C34H58N2O25. The van der Waals surface area contributed by atoms with E-state index in [4.69, 9.17) is 42.6 Å². The zero-order valence-corrected chi connectivity index (χ0v) is 33.0. The van der Waals surface area contributed by atoms with Crippen LogP contribution in [0.15, 0.2) is 0 Å². The van der Waals surface area contributed by atoms with Gasteiger partial charge in [0.1, 0.15) is 116 Å². The molecule has 5 aliphatic rings. The van der Waals surface area contributed by atoms with Crippen LogP contribution in [0.4, 0.5) is 0 Å². The molecule has 5 aliphatic heterocycles. The first-order chi connectivity index (χ1) is 28.8. The number of aliphatic hydroxyl groups excluding tert-OH is 14. The molecular weight excluding hydrogens is 836 g/mol. The zero-order chi connectivity index (χ0) is 45.2. The number of aliphatic hydroxyl groups is 14. The van der Waals surface area contributed by atoms with Gasteiger partial charge in [0.25, 0.3) is 0 Å². The molecule has 0 spiro atoms. The van der Waals surface area contributed by atoms with E-state index in [1.54, 1.807) is 0 Å². The predicted octanol–water partition coefficient (Wildman–Crippen LogP) is -10.6. The number of rotatable bonds is 14. The summed E-state index contributed by atoms with van der Waals surface area (Å²) in [5.74, 6) is -1.54. The van der Waals surface area contributed by atoms with Gasteiger partial charge >= 0.3 is 0 Å². The normalized spacial score (nSPS) is 49.6. The standard InChI is InChI=1S/C34H58N2O25/c1-8-17(43)21(47)23(49)32(53-8)59-27-14(7-40)57-31(16(36-10(3)42)28(27)60-33-24(50)22(48)18(44)11(4-37)55-33)61-29-19(45)12(5-38)56-34(25(29)51)58-26-13(6-39)54-30(52)15(20(26)46)35-9(2)41/h8,11-34,37-40,43-52H,4-7H2,1-3H3,(H,35,41)(H,36,42)/t8-,11+,12+,13+,14+,15+,16+,17+,18-,19-,20+,21+,22-,23-,24+,25+,26+,27+,28+,29-,30+,31-,32-,33-,34-/m0/s1.